The summed E-state index contributed by atoms with van der Waals surface area (Å²) in [6.07, 6.45) is 0.306. The van der Waals surface area contributed by atoms with Gasteiger partial charge in [-0.05, 0) is 34.6 Å². The van der Waals surface area contributed by atoms with Gasteiger partial charge in [-0.15, -0.1) is 0 Å². The highest BCUT2D eigenvalue weighted by atomic mass is 16.6. The summed E-state index contributed by atoms with van der Waals surface area (Å²) in [7, 11) is 0. The summed E-state index contributed by atoms with van der Waals surface area (Å²) in [6.45, 7) is 11.4. The number of nitrogens with zero attached hydrogens (tertiary/aromatic N) is 2. The maximum Gasteiger partial charge on any atom is 0.428 e. The van der Waals surface area contributed by atoms with Gasteiger partial charge in [-0.1, -0.05) is 0 Å². The molecule has 1 fully saturated rings. The fraction of sp³-hybridized carbons (Fsp3) is 0.786. The molecule has 0 unspecified atom stereocenters. The van der Waals surface area contributed by atoms with Crippen LogP contribution in [0.25, 0.3) is 0 Å². The van der Waals surface area contributed by atoms with Gasteiger partial charge in [0.05, 0.1) is 6.21 Å². The van der Waals surface area contributed by atoms with Gasteiger partial charge in [0, 0.05) is 26.2 Å². The van der Waals surface area contributed by atoms with Crippen molar-refractivity contribution in [3.8, 4) is 0 Å². The molecule has 126 valence electrons. The number of carbonyl (C=O) groups excluding carboxylic acids is 2. The first-order chi connectivity index (χ1) is 10.1. The van der Waals surface area contributed by atoms with Crippen molar-refractivity contribution in [2.75, 3.05) is 26.2 Å². The summed E-state index contributed by atoms with van der Waals surface area (Å²) in [5.74, 6) is 0. The summed E-state index contributed by atoms with van der Waals surface area (Å²) in [5, 5.41) is 6.93. The predicted octanol–water partition coefficient (Wildman–Crippen LogP) is 1.32. The first kappa shape index (κ1) is 18.2. The van der Waals surface area contributed by atoms with Gasteiger partial charge in [-0.25, -0.2) is 15.0 Å². The lowest BCUT2D eigenvalue weighted by molar-refractivity contribution is 0.0494. The third-order valence-corrected chi connectivity index (χ3v) is 2.66. The zero-order chi connectivity index (χ0) is 16.8. The highest BCUT2D eigenvalue weighted by molar-refractivity contribution is 5.76. The van der Waals surface area contributed by atoms with Crippen LogP contribution in [0.1, 0.15) is 34.6 Å². The molecule has 0 aromatic rings. The van der Waals surface area contributed by atoms with Crippen molar-refractivity contribution in [2.45, 2.75) is 45.8 Å². The molecule has 0 radical (unpaired) electrons. The van der Waals surface area contributed by atoms with Gasteiger partial charge >= 0.3 is 12.2 Å². The lowest BCUT2D eigenvalue weighted by Crippen LogP contribution is -2.48. The summed E-state index contributed by atoms with van der Waals surface area (Å²) in [4.78, 5) is 25.1. The Labute approximate surface area is 131 Å². The van der Waals surface area contributed by atoms with E-state index >= 15 is 0 Å². The second-order valence-corrected chi connectivity index (χ2v) is 6.58. The summed E-state index contributed by atoms with van der Waals surface area (Å²) < 4.78 is 10.4. The smallest absolute Gasteiger partial charge is 0.428 e. The predicted molar refractivity (Wildman–Crippen MR) is 82.9 cm³/mol. The quantitative estimate of drug-likeness (QED) is 0.605. The first-order valence-electron chi connectivity index (χ1n) is 7.31. The minimum Gasteiger partial charge on any atom is -0.443 e. The summed E-state index contributed by atoms with van der Waals surface area (Å²) >= 11 is 0. The van der Waals surface area contributed by atoms with Crippen LogP contribution in [0.4, 0.5) is 9.59 Å². The molecule has 0 spiro atoms. The summed E-state index contributed by atoms with van der Waals surface area (Å²) in [6, 6.07) is 0. The van der Waals surface area contributed by atoms with Gasteiger partial charge in [-0.3, -0.25) is 0 Å². The van der Waals surface area contributed by atoms with Crippen molar-refractivity contribution in [3.05, 3.63) is 0 Å². The largest absolute Gasteiger partial charge is 0.443 e. The lowest BCUT2D eigenvalue weighted by atomic mass is 10.2. The van der Waals surface area contributed by atoms with Gasteiger partial charge in [-0.2, -0.15) is 5.10 Å². The Bertz CT molecular complexity index is 423. The van der Waals surface area contributed by atoms with Crippen LogP contribution < -0.4 is 10.7 Å². The Hall–Kier alpha value is -1.83. The highest BCUT2D eigenvalue weighted by Crippen LogP contribution is 2.10. The van der Waals surface area contributed by atoms with E-state index in [1.807, 2.05) is 0 Å². The topological polar surface area (TPSA) is 92.3 Å². The molecule has 1 saturated heterocycles. The summed E-state index contributed by atoms with van der Waals surface area (Å²) in [5.41, 5.74) is 0.715. The number of carbonyl (C=O) groups is 2. The third kappa shape index (κ3) is 7.26. The number of ether oxygens (including phenoxy) is 2. The standard InChI is InChI=1S/C14H26N4O4/c1-13(2,3)21-11(19)17-16-10-14(4,5)22-12(20)18-8-6-15-7-9-18/h10,15H,6-9H2,1-5H3,(H,17,19)/b16-10+. The number of hydrogen-bond acceptors (Lipinski definition) is 6. The highest BCUT2D eigenvalue weighted by Gasteiger charge is 2.26. The van der Waals surface area contributed by atoms with Crippen LogP contribution in [0.2, 0.25) is 0 Å². The monoisotopic (exact) mass is 314 g/mol. The average molecular weight is 314 g/mol. The maximum absolute atomic E-state index is 12.0. The van der Waals surface area contributed by atoms with E-state index in [0.717, 1.165) is 13.1 Å². The molecule has 8 heteroatoms. The van der Waals surface area contributed by atoms with E-state index in [1.54, 1.807) is 39.5 Å². The van der Waals surface area contributed by atoms with Gasteiger partial charge in [0.25, 0.3) is 0 Å². The molecule has 1 aliphatic rings. The van der Waals surface area contributed by atoms with Crippen molar-refractivity contribution in [3.63, 3.8) is 0 Å². The molecule has 0 atom stereocenters. The number of rotatable bonds is 3. The van der Waals surface area contributed by atoms with Crippen molar-refractivity contribution >= 4 is 18.4 Å². The van der Waals surface area contributed by atoms with E-state index in [2.05, 4.69) is 15.8 Å². The van der Waals surface area contributed by atoms with E-state index in [0.29, 0.717) is 13.1 Å². The van der Waals surface area contributed by atoms with E-state index in [1.165, 1.54) is 6.21 Å². The zero-order valence-electron chi connectivity index (χ0n) is 13.9. The van der Waals surface area contributed by atoms with Crippen LogP contribution in [0.3, 0.4) is 0 Å². The van der Waals surface area contributed by atoms with Crippen molar-refractivity contribution < 1.29 is 19.1 Å². The van der Waals surface area contributed by atoms with Crippen LogP contribution >= 0.6 is 0 Å². The molecule has 0 aliphatic carbocycles. The fourth-order valence-corrected chi connectivity index (χ4v) is 1.70. The molecule has 22 heavy (non-hydrogen) atoms. The molecule has 2 N–H and O–H groups in total. The fourth-order valence-electron chi connectivity index (χ4n) is 1.70. The lowest BCUT2D eigenvalue weighted by Gasteiger charge is -2.30. The molecule has 2 amide bonds. The maximum atomic E-state index is 12.0. The Morgan fingerprint density at radius 1 is 1.14 bits per heavy atom. The van der Waals surface area contributed by atoms with Crippen molar-refractivity contribution in [1.29, 1.82) is 0 Å². The Morgan fingerprint density at radius 2 is 1.73 bits per heavy atom. The van der Waals surface area contributed by atoms with Crippen LogP contribution in [0.5, 0.6) is 0 Å². The normalized spacial score (nSPS) is 16.5. The Kier molecular flexibility index (Phi) is 6.16. The van der Waals surface area contributed by atoms with Gasteiger partial charge in [0.15, 0.2) is 0 Å². The molecular formula is C14H26N4O4. The molecule has 1 rings (SSSR count). The first-order valence-corrected chi connectivity index (χ1v) is 7.31. The zero-order valence-corrected chi connectivity index (χ0v) is 13.9. The van der Waals surface area contributed by atoms with Crippen LogP contribution in [0, 0.1) is 0 Å². The molecule has 0 aromatic heterocycles. The number of amides is 2. The second-order valence-electron chi connectivity index (χ2n) is 6.58. The van der Waals surface area contributed by atoms with E-state index in [9.17, 15) is 9.59 Å². The average Bonchev–Trinajstić information content (AvgIpc) is 2.36. The van der Waals surface area contributed by atoms with Crippen molar-refractivity contribution in [2.24, 2.45) is 5.10 Å². The third-order valence-electron chi connectivity index (χ3n) is 2.66. The minimum atomic E-state index is -0.934. The Balaban J connectivity index is 2.43. The van der Waals surface area contributed by atoms with Gasteiger partial charge in [0.2, 0.25) is 0 Å². The number of nitrogens with one attached hydrogen (secondary N) is 2. The number of piperazine rings is 1. The van der Waals surface area contributed by atoms with Gasteiger partial charge < -0.3 is 19.7 Å². The number of hydrazone groups is 1. The minimum absolute atomic E-state index is 0.393. The SMILES string of the molecule is CC(C)(C)OC(=O)N/N=C/C(C)(C)OC(=O)N1CCNCC1. The van der Waals surface area contributed by atoms with E-state index in [4.69, 9.17) is 9.47 Å². The van der Waals surface area contributed by atoms with Crippen LogP contribution in [-0.4, -0.2) is 60.7 Å². The Morgan fingerprint density at radius 3 is 2.27 bits per heavy atom. The second kappa shape index (κ2) is 7.44. The van der Waals surface area contributed by atoms with E-state index in [-0.39, 0.29) is 0 Å². The molecule has 0 aromatic carbocycles. The molecule has 0 bridgehead atoms. The van der Waals surface area contributed by atoms with Crippen LogP contribution in [0.15, 0.2) is 5.10 Å². The van der Waals surface area contributed by atoms with Crippen LogP contribution in [-0.2, 0) is 9.47 Å². The molecule has 0 saturated carbocycles. The molecule has 1 aliphatic heterocycles. The number of hydrogen-bond donors (Lipinski definition) is 2. The molecule has 8 nitrogen and oxygen atoms in total. The van der Waals surface area contributed by atoms with E-state index < -0.39 is 23.4 Å². The molecular weight excluding hydrogens is 288 g/mol. The van der Waals surface area contributed by atoms with Gasteiger partial charge in [0.1, 0.15) is 11.2 Å². The molecule has 1 heterocycles. The van der Waals surface area contributed by atoms with Crippen molar-refractivity contribution in [1.82, 2.24) is 15.6 Å².